The molecule has 25 heavy (non-hydrogen) atoms. The van der Waals surface area contributed by atoms with E-state index in [1.54, 1.807) is 0 Å². The van der Waals surface area contributed by atoms with E-state index in [0.717, 1.165) is 24.3 Å². The number of ketones is 1. The molecule has 3 rings (SSSR count). The minimum Gasteiger partial charge on any atom is -0.325 e. The van der Waals surface area contributed by atoms with Gasteiger partial charge in [-0.15, -0.1) is 0 Å². The van der Waals surface area contributed by atoms with Crippen molar-refractivity contribution in [2.75, 3.05) is 17.3 Å². The molecule has 0 spiro atoms. The normalized spacial score (nSPS) is 17.1. The minimum atomic E-state index is -1.29. The Morgan fingerprint density at radius 3 is 2.40 bits per heavy atom. The molecule has 0 fully saturated rings. The molecule has 1 aliphatic rings. The molecular formula is C18H14F2N2O3. The number of fused-ring (bicyclic) bond motifs is 1. The van der Waals surface area contributed by atoms with Crippen LogP contribution in [0.3, 0.4) is 0 Å². The predicted molar refractivity (Wildman–Crippen MR) is 87.3 cm³/mol. The van der Waals surface area contributed by atoms with Crippen molar-refractivity contribution in [3.63, 3.8) is 0 Å². The van der Waals surface area contributed by atoms with Gasteiger partial charge in [0, 0.05) is 24.7 Å². The Balaban J connectivity index is 1.93. The van der Waals surface area contributed by atoms with Crippen molar-refractivity contribution >= 4 is 29.0 Å². The second-order valence-corrected chi connectivity index (χ2v) is 5.73. The molecule has 2 aromatic rings. The monoisotopic (exact) mass is 344 g/mol. The number of carbonyl (C=O) groups excluding carboxylic acids is 3. The molecule has 0 bridgehead atoms. The van der Waals surface area contributed by atoms with Crippen molar-refractivity contribution in [2.24, 2.45) is 5.92 Å². The Morgan fingerprint density at radius 2 is 1.72 bits per heavy atom. The first-order valence-electron chi connectivity index (χ1n) is 7.53. The van der Waals surface area contributed by atoms with Crippen LogP contribution >= 0.6 is 0 Å². The van der Waals surface area contributed by atoms with E-state index in [1.807, 2.05) is 0 Å². The molecule has 2 amide bonds. The lowest BCUT2D eigenvalue weighted by atomic mass is 9.94. The van der Waals surface area contributed by atoms with Crippen LogP contribution in [0.25, 0.3) is 0 Å². The highest BCUT2D eigenvalue weighted by Gasteiger charge is 2.36. The van der Waals surface area contributed by atoms with Gasteiger partial charge in [0.2, 0.25) is 11.8 Å². The fourth-order valence-electron chi connectivity index (χ4n) is 2.70. The van der Waals surface area contributed by atoms with Crippen LogP contribution in [-0.4, -0.2) is 24.6 Å². The Hall–Kier alpha value is -3.09. The van der Waals surface area contributed by atoms with Crippen molar-refractivity contribution in [2.45, 2.75) is 6.42 Å². The fraction of sp³-hybridized carbons (Fsp3) is 0.167. The molecule has 0 radical (unpaired) electrons. The van der Waals surface area contributed by atoms with Gasteiger partial charge in [-0.2, -0.15) is 0 Å². The molecular weight excluding hydrogens is 330 g/mol. The van der Waals surface area contributed by atoms with Crippen LogP contribution in [0.2, 0.25) is 0 Å². The van der Waals surface area contributed by atoms with E-state index < -0.39 is 35.1 Å². The van der Waals surface area contributed by atoms with Gasteiger partial charge in [0.05, 0.1) is 5.69 Å². The van der Waals surface area contributed by atoms with Crippen LogP contribution < -0.4 is 10.2 Å². The van der Waals surface area contributed by atoms with Crippen LogP contribution in [0.5, 0.6) is 0 Å². The summed E-state index contributed by atoms with van der Waals surface area (Å²) in [5.74, 6) is -4.15. The lowest BCUT2D eigenvalue weighted by Crippen LogP contribution is -2.32. The molecule has 1 heterocycles. The number of hydrogen-bond donors (Lipinski definition) is 1. The molecule has 1 aliphatic heterocycles. The molecule has 1 unspecified atom stereocenters. The van der Waals surface area contributed by atoms with Crippen LogP contribution in [0.15, 0.2) is 42.5 Å². The molecule has 0 aliphatic carbocycles. The maximum absolute atomic E-state index is 13.5. The predicted octanol–water partition coefficient (Wildman–Crippen LogP) is 2.77. The summed E-state index contributed by atoms with van der Waals surface area (Å²) < 4.78 is 26.5. The van der Waals surface area contributed by atoms with E-state index in [4.69, 9.17) is 0 Å². The third-order valence-corrected chi connectivity index (χ3v) is 4.08. The average molecular weight is 344 g/mol. The first kappa shape index (κ1) is 16.8. The van der Waals surface area contributed by atoms with Gasteiger partial charge in [-0.1, -0.05) is 0 Å². The summed E-state index contributed by atoms with van der Waals surface area (Å²) in [6.07, 6.45) is -0.335. The summed E-state index contributed by atoms with van der Waals surface area (Å²) in [6.45, 7) is 0. The SMILES string of the molecule is CN1C(=O)CC(C(=O)Nc2ccc(F)cc2)C(=O)c2cc(F)ccc21. The molecule has 2 aromatic carbocycles. The molecule has 1 N–H and O–H groups in total. The Morgan fingerprint density at radius 1 is 1.08 bits per heavy atom. The summed E-state index contributed by atoms with van der Waals surface area (Å²) in [5, 5.41) is 2.49. The second kappa shape index (κ2) is 6.43. The number of Topliss-reactive ketones (excluding diaryl/α,β-unsaturated/α-hetero) is 1. The average Bonchev–Trinajstić information content (AvgIpc) is 2.68. The topological polar surface area (TPSA) is 66.5 Å². The van der Waals surface area contributed by atoms with Crippen LogP contribution in [0.1, 0.15) is 16.8 Å². The number of rotatable bonds is 2. The van der Waals surface area contributed by atoms with Crippen molar-refractivity contribution in [3.05, 3.63) is 59.7 Å². The molecule has 0 saturated heterocycles. The van der Waals surface area contributed by atoms with E-state index in [1.165, 1.54) is 30.1 Å². The van der Waals surface area contributed by atoms with E-state index in [9.17, 15) is 23.2 Å². The number of halogens is 2. The molecule has 0 saturated carbocycles. The lowest BCUT2D eigenvalue weighted by molar-refractivity contribution is -0.124. The zero-order valence-corrected chi connectivity index (χ0v) is 13.3. The van der Waals surface area contributed by atoms with Crippen molar-refractivity contribution in [1.82, 2.24) is 0 Å². The smallest absolute Gasteiger partial charge is 0.235 e. The quantitative estimate of drug-likeness (QED) is 0.852. The van der Waals surface area contributed by atoms with Gasteiger partial charge in [0.15, 0.2) is 5.78 Å². The van der Waals surface area contributed by atoms with Gasteiger partial charge in [0.1, 0.15) is 17.6 Å². The molecule has 0 aromatic heterocycles. The summed E-state index contributed by atoms with van der Waals surface area (Å²) >= 11 is 0. The summed E-state index contributed by atoms with van der Waals surface area (Å²) in [7, 11) is 1.46. The largest absolute Gasteiger partial charge is 0.325 e. The van der Waals surface area contributed by atoms with Gasteiger partial charge in [-0.05, 0) is 42.5 Å². The number of nitrogens with one attached hydrogen (secondary N) is 1. The number of carbonyl (C=O) groups is 3. The van der Waals surface area contributed by atoms with Crippen molar-refractivity contribution in [1.29, 1.82) is 0 Å². The van der Waals surface area contributed by atoms with Gasteiger partial charge in [-0.3, -0.25) is 14.4 Å². The summed E-state index contributed by atoms with van der Waals surface area (Å²) in [5.41, 5.74) is 0.532. The van der Waals surface area contributed by atoms with Gasteiger partial charge < -0.3 is 10.2 Å². The Bertz CT molecular complexity index is 865. The highest BCUT2D eigenvalue weighted by molar-refractivity contribution is 6.20. The number of benzene rings is 2. The Kier molecular flexibility index (Phi) is 4.31. The van der Waals surface area contributed by atoms with Crippen LogP contribution in [-0.2, 0) is 9.59 Å². The third-order valence-electron chi connectivity index (χ3n) is 4.08. The number of anilines is 2. The molecule has 1 atom stereocenters. The summed E-state index contributed by atoms with van der Waals surface area (Å²) in [4.78, 5) is 38.7. The Labute approximate surface area is 142 Å². The van der Waals surface area contributed by atoms with E-state index >= 15 is 0 Å². The molecule has 128 valence electrons. The van der Waals surface area contributed by atoms with Gasteiger partial charge in [-0.25, -0.2) is 8.78 Å². The first-order chi connectivity index (χ1) is 11.9. The molecule has 7 heteroatoms. The minimum absolute atomic E-state index is 0.0207. The van der Waals surface area contributed by atoms with E-state index in [-0.39, 0.29) is 17.7 Å². The first-order valence-corrected chi connectivity index (χ1v) is 7.53. The second-order valence-electron chi connectivity index (χ2n) is 5.73. The van der Waals surface area contributed by atoms with E-state index in [2.05, 4.69) is 5.32 Å². The van der Waals surface area contributed by atoms with E-state index in [0.29, 0.717) is 5.69 Å². The van der Waals surface area contributed by atoms with Crippen molar-refractivity contribution < 1.29 is 23.2 Å². The number of amides is 2. The van der Waals surface area contributed by atoms with Gasteiger partial charge >= 0.3 is 0 Å². The standard InChI is InChI=1S/C18H14F2N2O3/c1-22-15-7-4-11(20)8-13(15)17(24)14(9-16(22)23)18(25)21-12-5-2-10(19)3-6-12/h2-8,14H,9H2,1H3,(H,21,25). The molecule has 5 nitrogen and oxygen atoms in total. The van der Waals surface area contributed by atoms with Gasteiger partial charge in [0.25, 0.3) is 0 Å². The number of hydrogen-bond acceptors (Lipinski definition) is 3. The highest BCUT2D eigenvalue weighted by Crippen LogP contribution is 2.30. The maximum atomic E-state index is 13.5. The zero-order chi connectivity index (χ0) is 18.1. The van der Waals surface area contributed by atoms with Crippen LogP contribution in [0, 0.1) is 17.6 Å². The number of nitrogens with zero attached hydrogens (tertiary/aromatic N) is 1. The zero-order valence-electron chi connectivity index (χ0n) is 13.3. The van der Waals surface area contributed by atoms with Crippen molar-refractivity contribution in [3.8, 4) is 0 Å². The highest BCUT2D eigenvalue weighted by atomic mass is 19.1. The van der Waals surface area contributed by atoms with Crippen LogP contribution in [0.4, 0.5) is 20.2 Å². The fourth-order valence-corrected chi connectivity index (χ4v) is 2.70. The maximum Gasteiger partial charge on any atom is 0.235 e. The summed E-state index contributed by atoms with van der Waals surface area (Å²) in [6, 6.07) is 8.51. The third kappa shape index (κ3) is 3.26. The lowest BCUT2D eigenvalue weighted by Gasteiger charge is -2.16.